The van der Waals surface area contributed by atoms with Gasteiger partial charge < -0.3 is 14.7 Å². The molecule has 1 amide bonds. The Labute approximate surface area is 198 Å². The molecular formula is C23H22ClN3O5S. The SMILES string of the molecule is CN1C(=O)C(c2ccc(OS(C)(=O)=O)cc2)(c2cccc(Oc3ccccc3)c2)N=C1N.Cl. The third-order valence-electron chi connectivity index (χ3n) is 4.99. The third kappa shape index (κ3) is 4.79. The zero-order valence-corrected chi connectivity index (χ0v) is 19.5. The van der Waals surface area contributed by atoms with E-state index in [1.54, 1.807) is 43.4 Å². The van der Waals surface area contributed by atoms with E-state index in [4.69, 9.17) is 14.7 Å². The molecule has 0 saturated carbocycles. The first-order valence-corrected chi connectivity index (χ1v) is 11.5. The zero-order valence-electron chi connectivity index (χ0n) is 17.8. The van der Waals surface area contributed by atoms with E-state index in [0.29, 0.717) is 22.6 Å². The van der Waals surface area contributed by atoms with E-state index in [2.05, 4.69) is 4.99 Å². The molecule has 0 spiro atoms. The minimum absolute atomic E-state index is 0. The van der Waals surface area contributed by atoms with Crippen molar-refractivity contribution in [2.24, 2.45) is 10.7 Å². The fourth-order valence-electron chi connectivity index (χ4n) is 3.52. The summed E-state index contributed by atoms with van der Waals surface area (Å²) >= 11 is 0. The Hall–Kier alpha value is -3.56. The number of guanidine groups is 1. The van der Waals surface area contributed by atoms with Crippen molar-refractivity contribution in [1.29, 1.82) is 0 Å². The van der Waals surface area contributed by atoms with Crippen LogP contribution in [0.5, 0.6) is 17.2 Å². The number of benzene rings is 3. The van der Waals surface area contributed by atoms with Gasteiger partial charge in [0.05, 0.1) is 6.26 Å². The van der Waals surface area contributed by atoms with Crippen LogP contribution in [-0.4, -0.2) is 38.5 Å². The number of nitrogens with zero attached hydrogens (tertiary/aromatic N) is 2. The molecule has 10 heteroatoms. The molecule has 3 aromatic rings. The van der Waals surface area contributed by atoms with Crippen LogP contribution in [0, 0.1) is 0 Å². The van der Waals surface area contributed by atoms with E-state index in [0.717, 1.165) is 6.26 Å². The lowest BCUT2D eigenvalue weighted by molar-refractivity contribution is -0.129. The average molecular weight is 488 g/mol. The Bertz CT molecular complexity index is 1300. The summed E-state index contributed by atoms with van der Waals surface area (Å²) in [7, 11) is -2.13. The fraction of sp³-hybridized carbons (Fsp3) is 0.130. The topological polar surface area (TPSA) is 111 Å². The molecule has 2 N–H and O–H groups in total. The number of nitrogens with two attached hydrogens (primary N) is 1. The Morgan fingerprint density at radius 1 is 0.879 bits per heavy atom. The number of rotatable bonds is 6. The fourth-order valence-corrected chi connectivity index (χ4v) is 3.98. The smallest absolute Gasteiger partial charge is 0.306 e. The molecule has 1 aliphatic heterocycles. The molecule has 0 radical (unpaired) electrons. The summed E-state index contributed by atoms with van der Waals surface area (Å²) in [5.41, 5.74) is 5.63. The zero-order chi connectivity index (χ0) is 22.9. The molecule has 0 aliphatic carbocycles. The van der Waals surface area contributed by atoms with Gasteiger partial charge in [0, 0.05) is 7.05 Å². The Morgan fingerprint density at radius 2 is 1.52 bits per heavy atom. The van der Waals surface area contributed by atoms with Crippen molar-refractivity contribution >= 4 is 34.4 Å². The van der Waals surface area contributed by atoms with Crippen LogP contribution in [0.2, 0.25) is 0 Å². The van der Waals surface area contributed by atoms with Gasteiger partial charge in [0.1, 0.15) is 17.2 Å². The van der Waals surface area contributed by atoms with Crippen molar-refractivity contribution in [3.8, 4) is 17.2 Å². The summed E-state index contributed by atoms with van der Waals surface area (Å²) in [5.74, 6) is 1.04. The first-order chi connectivity index (χ1) is 15.2. The molecular weight excluding hydrogens is 466 g/mol. The predicted octanol–water partition coefficient (Wildman–Crippen LogP) is 3.27. The minimum atomic E-state index is -3.68. The van der Waals surface area contributed by atoms with Gasteiger partial charge in [-0.2, -0.15) is 8.42 Å². The summed E-state index contributed by atoms with van der Waals surface area (Å²) in [6.07, 6.45) is 0.959. The maximum Gasteiger partial charge on any atom is 0.306 e. The quantitative estimate of drug-likeness (QED) is 0.534. The van der Waals surface area contributed by atoms with Crippen LogP contribution in [0.15, 0.2) is 83.9 Å². The molecule has 1 unspecified atom stereocenters. The van der Waals surface area contributed by atoms with Crippen LogP contribution >= 0.6 is 12.4 Å². The molecule has 172 valence electrons. The molecule has 1 heterocycles. The van der Waals surface area contributed by atoms with Crippen molar-refractivity contribution in [2.75, 3.05) is 13.3 Å². The first-order valence-electron chi connectivity index (χ1n) is 9.66. The molecule has 1 atom stereocenters. The van der Waals surface area contributed by atoms with Gasteiger partial charge in [0.15, 0.2) is 11.5 Å². The normalized spacial score (nSPS) is 17.8. The maximum absolute atomic E-state index is 13.4. The highest BCUT2D eigenvalue weighted by Crippen LogP contribution is 2.41. The Kier molecular flexibility index (Phi) is 6.66. The van der Waals surface area contributed by atoms with E-state index in [1.807, 2.05) is 30.3 Å². The molecule has 0 saturated heterocycles. The van der Waals surface area contributed by atoms with E-state index >= 15 is 0 Å². The van der Waals surface area contributed by atoms with Crippen LogP contribution < -0.4 is 14.7 Å². The molecule has 33 heavy (non-hydrogen) atoms. The van der Waals surface area contributed by atoms with Crippen molar-refractivity contribution in [2.45, 2.75) is 5.54 Å². The van der Waals surface area contributed by atoms with Crippen LogP contribution in [-0.2, 0) is 20.5 Å². The van der Waals surface area contributed by atoms with Crippen molar-refractivity contribution in [3.63, 3.8) is 0 Å². The number of hydrogen-bond acceptors (Lipinski definition) is 7. The van der Waals surface area contributed by atoms with Gasteiger partial charge in [-0.05, 0) is 47.5 Å². The number of hydrogen-bond donors (Lipinski definition) is 1. The molecule has 4 rings (SSSR count). The van der Waals surface area contributed by atoms with Crippen LogP contribution in [0.3, 0.4) is 0 Å². The Balaban J connectivity index is 0.00000306. The second-order valence-electron chi connectivity index (χ2n) is 7.30. The highest BCUT2D eigenvalue weighted by molar-refractivity contribution is 7.86. The average Bonchev–Trinajstić information content (AvgIpc) is 2.99. The highest BCUT2D eigenvalue weighted by Gasteiger charge is 2.49. The number of halogens is 1. The highest BCUT2D eigenvalue weighted by atomic mass is 35.5. The summed E-state index contributed by atoms with van der Waals surface area (Å²) in [4.78, 5) is 19.2. The molecule has 8 nitrogen and oxygen atoms in total. The summed E-state index contributed by atoms with van der Waals surface area (Å²) in [6.45, 7) is 0. The first kappa shape index (κ1) is 24.1. The van der Waals surface area contributed by atoms with E-state index in [-0.39, 0.29) is 30.0 Å². The number of carbonyl (C=O) groups is 1. The lowest BCUT2D eigenvalue weighted by Gasteiger charge is -2.26. The number of aliphatic imine (C=N–C) groups is 1. The molecule has 1 aliphatic rings. The predicted molar refractivity (Wildman–Crippen MR) is 127 cm³/mol. The van der Waals surface area contributed by atoms with E-state index in [1.165, 1.54) is 17.0 Å². The number of ether oxygens (including phenoxy) is 1. The number of para-hydroxylation sites is 1. The monoisotopic (exact) mass is 487 g/mol. The standard InChI is InChI=1S/C23H21N3O5S.ClH/c1-26-21(27)23(25-22(26)24,16-11-13-19(14-12-16)31-32(2,28)29)17-7-6-10-20(15-17)30-18-8-4-3-5-9-18;/h3-15H,1-2H3,(H2,24,25);1H. The number of amides is 1. The number of carbonyl (C=O) groups excluding carboxylic acids is 1. The van der Waals surface area contributed by atoms with Crippen LogP contribution in [0.1, 0.15) is 11.1 Å². The Morgan fingerprint density at radius 3 is 2.09 bits per heavy atom. The van der Waals surface area contributed by atoms with Crippen LogP contribution in [0.25, 0.3) is 0 Å². The second kappa shape index (κ2) is 9.13. The van der Waals surface area contributed by atoms with Crippen LogP contribution in [0.4, 0.5) is 0 Å². The van der Waals surface area contributed by atoms with Crippen molar-refractivity contribution in [1.82, 2.24) is 4.90 Å². The van der Waals surface area contributed by atoms with Gasteiger partial charge in [-0.1, -0.05) is 42.5 Å². The van der Waals surface area contributed by atoms with Gasteiger partial charge >= 0.3 is 10.1 Å². The summed E-state index contributed by atoms with van der Waals surface area (Å²) < 4.78 is 33.7. The molecule has 0 fully saturated rings. The van der Waals surface area contributed by atoms with Gasteiger partial charge in [-0.25, -0.2) is 4.99 Å². The van der Waals surface area contributed by atoms with Gasteiger partial charge in [-0.3, -0.25) is 9.69 Å². The lowest BCUT2D eigenvalue weighted by Crippen LogP contribution is -2.41. The third-order valence-corrected chi connectivity index (χ3v) is 5.49. The van der Waals surface area contributed by atoms with Gasteiger partial charge in [0.2, 0.25) is 0 Å². The number of likely N-dealkylation sites (N-methyl/N-ethyl adjacent to an activating group) is 1. The van der Waals surface area contributed by atoms with Gasteiger partial charge in [0.25, 0.3) is 5.91 Å². The maximum atomic E-state index is 13.4. The largest absolute Gasteiger partial charge is 0.457 e. The summed E-state index contributed by atoms with van der Waals surface area (Å²) in [5, 5.41) is 0. The minimum Gasteiger partial charge on any atom is -0.457 e. The van der Waals surface area contributed by atoms with Crippen molar-refractivity contribution < 1.29 is 22.1 Å². The lowest BCUT2D eigenvalue weighted by atomic mass is 9.82. The molecule has 0 bridgehead atoms. The second-order valence-corrected chi connectivity index (χ2v) is 8.87. The van der Waals surface area contributed by atoms with E-state index < -0.39 is 15.7 Å². The molecule has 3 aromatic carbocycles. The van der Waals surface area contributed by atoms with E-state index in [9.17, 15) is 13.2 Å². The molecule has 0 aromatic heterocycles. The summed E-state index contributed by atoms with van der Waals surface area (Å²) in [6, 6.07) is 22.5. The van der Waals surface area contributed by atoms with Crippen molar-refractivity contribution in [3.05, 3.63) is 90.0 Å². The van der Waals surface area contributed by atoms with Gasteiger partial charge in [-0.15, -0.1) is 12.4 Å².